The highest BCUT2D eigenvalue weighted by atomic mass is 16.2. The lowest BCUT2D eigenvalue weighted by atomic mass is 9.99. The molecule has 1 aliphatic rings. The number of hydrogen-bond acceptors (Lipinski definition) is 1. The predicted octanol–water partition coefficient (Wildman–Crippen LogP) is 4.36. The number of benzene rings is 2. The Bertz CT molecular complexity index is 624. The Morgan fingerprint density at radius 2 is 1.81 bits per heavy atom. The van der Waals surface area contributed by atoms with Crippen LogP contribution in [0.3, 0.4) is 0 Å². The fourth-order valence-electron chi connectivity index (χ4n) is 3.01. The molecule has 0 bridgehead atoms. The van der Waals surface area contributed by atoms with Gasteiger partial charge in [0.05, 0.1) is 6.04 Å². The first-order valence-electron chi connectivity index (χ1n) is 7.44. The number of hydrogen-bond donors (Lipinski definition) is 1. The van der Waals surface area contributed by atoms with E-state index in [1.165, 1.54) is 11.1 Å². The van der Waals surface area contributed by atoms with Crippen LogP contribution >= 0.6 is 0 Å². The van der Waals surface area contributed by atoms with Crippen molar-refractivity contribution < 1.29 is 4.79 Å². The maximum absolute atomic E-state index is 12.5. The fraction of sp³-hybridized carbons (Fsp3) is 0.278. The maximum Gasteiger partial charge on any atom is 0.322 e. The van der Waals surface area contributed by atoms with Crippen molar-refractivity contribution in [1.29, 1.82) is 0 Å². The SMILES string of the molecule is Cc1ccccc1[C@H]1CCCN1C(=O)Nc1ccccc1. The quantitative estimate of drug-likeness (QED) is 0.870. The van der Waals surface area contributed by atoms with Gasteiger partial charge in [0, 0.05) is 12.2 Å². The molecule has 0 unspecified atom stereocenters. The van der Waals surface area contributed by atoms with Crippen molar-refractivity contribution >= 4 is 11.7 Å². The van der Waals surface area contributed by atoms with E-state index in [4.69, 9.17) is 0 Å². The second kappa shape index (κ2) is 6.00. The van der Waals surface area contributed by atoms with Gasteiger partial charge in [-0.05, 0) is 43.0 Å². The summed E-state index contributed by atoms with van der Waals surface area (Å²) in [6, 6.07) is 18.2. The normalized spacial score (nSPS) is 17.8. The molecule has 2 amide bonds. The van der Waals surface area contributed by atoms with E-state index in [0.717, 1.165) is 25.1 Å². The second-order valence-electron chi connectivity index (χ2n) is 5.50. The van der Waals surface area contributed by atoms with Crippen LogP contribution in [0.5, 0.6) is 0 Å². The minimum absolute atomic E-state index is 0.00745. The van der Waals surface area contributed by atoms with E-state index < -0.39 is 0 Å². The fourth-order valence-corrected chi connectivity index (χ4v) is 3.01. The van der Waals surface area contributed by atoms with Gasteiger partial charge < -0.3 is 10.2 Å². The number of likely N-dealkylation sites (tertiary alicyclic amines) is 1. The van der Waals surface area contributed by atoms with Crippen molar-refractivity contribution in [3.05, 3.63) is 65.7 Å². The van der Waals surface area contributed by atoms with E-state index in [9.17, 15) is 4.79 Å². The van der Waals surface area contributed by atoms with Crippen LogP contribution in [0.25, 0.3) is 0 Å². The Labute approximate surface area is 125 Å². The van der Waals surface area contributed by atoms with Crippen molar-refractivity contribution in [3.63, 3.8) is 0 Å². The lowest BCUT2D eigenvalue weighted by Gasteiger charge is -2.26. The Morgan fingerprint density at radius 1 is 1.10 bits per heavy atom. The average molecular weight is 280 g/mol. The van der Waals surface area contributed by atoms with Crippen LogP contribution in [0.15, 0.2) is 54.6 Å². The molecule has 0 spiro atoms. The summed E-state index contributed by atoms with van der Waals surface area (Å²) < 4.78 is 0. The van der Waals surface area contributed by atoms with Crippen LogP contribution in [-0.2, 0) is 0 Å². The molecule has 2 aromatic rings. The van der Waals surface area contributed by atoms with Gasteiger partial charge in [-0.3, -0.25) is 0 Å². The van der Waals surface area contributed by atoms with E-state index in [1.54, 1.807) is 0 Å². The lowest BCUT2D eigenvalue weighted by molar-refractivity contribution is 0.207. The number of aryl methyl sites for hydroxylation is 1. The summed E-state index contributed by atoms with van der Waals surface area (Å²) in [5.41, 5.74) is 3.36. The highest BCUT2D eigenvalue weighted by molar-refractivity contribution is 5.89. The molecule has 1 N–H and O–H groups in total. The highest BCUT2D eigenvalue weighted by Gasteiger charge is 2.30. The van der Waals surface area contributed by atoms with Gasteiger partial charge in [0.15, 0.2) is 0 Å². The number of carbonyl (C=O) groups excluding carboxylic acids is 1. The second-order valence-corrected chi connectivity index (χ2v) is 5.50. The van der Waals surface area contributed by atoms with Gasteiger partial charge in [-0.1, -0.05) is 42.5 Å². The molecule has 1 fully saturated rings. The number of rotatable bonds is 2. The van der Waals surface area contributed by atoms with Gasteiger partial charge in [0.25, 0.3) is 0 Å². The average Bonchev–Trinajstić information content (AvgIpc) is 2.98. The van der Waals surface area contributed by atoms with Crippen LogP contribution in [0.1, 0.15) is 30.0 Å². The molecule has 0 radical (unpaired) electrons. The zero-order chi connectivity index (χ0) is 14.7. The van der Waals surface area contributed by atoms with Crippen molar-refractivity contribution in [1.82, 2.24) is 4.90 Å². The van der Waals surface area contributed by atoms with Crippen LogP contribution < -0.4 is 5.32 Å². The molecule has 0 aromatic heterocycles. The number of nitrogens with one attached hydrogen (secondary N) is 1. The zero-order valence-corrected chi connectivity index (χ0v) is 12.3. The van der Waals surface area contributed by atoms with E-state index in [1.807, 2.05) is 47.4 Å². The summed E-state index contributed by atoms with van der Waals surface area (Å²) in [6.07, 6.45) is 2.09. The first-order valence-corrected chi connectivity index (χ1v) is 7.44. The van der Waals surface area contributed by atoms with Crippen molar-refractivity contribution in [2.75, 3.05) is 11.9 Å². The van der Waals surface area contributed by atoms with Gasteiger partial charge in [-0.25, -0.2) is 4.79 Å². The summed E-state index contributed by atoms with van der Waals surface area (Å²) in [7, 11) is 0. The number of nitrogens with zero attached hydrogens (tertiary/aromatic N) is 1. The minimum atomic E-state index is -0.00745. The van der Waals surface area contributed by atoms with E-state index >= 15 is 0 Å². The van der Waals surface area contributed by atoms with Crippen LogP contribution in [0.2, 0.25) is 0 Å². The predicted molar refractivity (Wildman–Crippen MR) is 85.3 cm³/mol. The molecule has 0 saturated carbocycles. The Hall–Kier alpha value is -2.29. The third kappa shape index (κ3) is 2.92. The number of amides is 2. The molecule has 3 heteroatoms. The van der Waals surface area contributed by atoms with Crippen LogP contribution in [-0.4, -0.2) is 17.5 Å². The van der Waals surface area contributed by atoms with Gasteiger partial charge in [-0.15, -0.1) is 0 Å². The van der Waals surface area contributed by atoms with Crippen molar-refractivity contribution in [2.45, 2.75) is 25.8 Å². The molecule has 1 heterocycles. The molecule has 3 nitrogen and oxygen atoms in total. The lowest BCUT2D eigenvalue weighted by Crippen LogP contribution is -2.34. The summed E-state index contributed by atoms with van der Waals surface area (Å²) in [5.74, 6) is 0. The number of para-hydroxylation sites is 1. The zero-order valence-electron chi connectivity index (χ0n) is 12.3. The van der Waals surface area contributed by atoms with Gasteiger partial charge >= 0.3 is 6.03 Å². The van der Waals surface area contributed by atoms with Crippen LogP contribution in [0.4, 0.5) is 10.5 Å². The smallest absolute Gasteiger partial charge is 0.317 e. The van der Waals surface area contributed by atoms with Crippen molar-refractivity contribution in [2.24, 2.45) is 0 Å². The molecule has 1 aliphatic heterocycles. The van der Waals surface area contributed by atoms with E-state index in [0.29, 0.717) is 0 Å². The van der Waals surface area contributed by atoms with E-state index in [-0.39, 0.29) is 12.1 Å². The molecule has 2 aromatic carbocycles. The number of urea groups is 1. The summed E-state index contributed by atoms with van der Waals surface area (Å²) >= 11 is 0. The molecule has 1 saturated heterocycles. The maximum atomic E-state index is 12.5. The topological polar surface area (TPSA) is 32.3 Å². The van der Waals surface area contributed by atoms with Crippen LogP contribution in [0, 0.1) is 6.92 Å². The number of carbonyl (C=O) groups is 1. The molecule has 1 atom stereocenters. The number of anilines is 1. The Morgan fingerprint density at radius 3 is 2.57 bits per heavy atom. The third-order valence-corrected chi connectivity index (χ3v) is 4.09. The summed E-state index contributed by atoms with van der Waals surface area (Å²) in [4.78, 5) is 14.5. The summed E-state index contributed by atoms with van der Waals surface area (Å²) in [6.45, 7) is 2.93. The van der Waals surface area contributed by atoms with Gasteiger partial charge in [-0.2, -0.15) is 0 Å². The van der Waals surface area contributed by atoms with Crippen molar-refractivity contribution in [3.8, 4) is 0 Å². The monoisotopic (exact) mass is 280 g/mol. The molecular formula is C18H20N2O. The first kappa shape index (κ1) is 13.7. The largest absolute Gasteiger partial charge is 0.322 e. The van der Waals surface area contributed by atoms with Gasteiger partial charge in [0.2, 0.25) is 0 Å². The molecular weight excluding hydrogens is 260 g/mol. The Kier molecular flexibility index (Phi) is 3.91. The summed E-state index contributed by atoms with van der Waals surface area (Å²) in [5, 5.41) is 2.99. The first-order chi connectivity index (χ1) is 10.3. The third-order valence-electron chi connectivity index (χ3n) is 4.09. The minimum Gasteiger partial charge on any atom is -0.317 e. The highest BCUT2D eigenvalue weighted by Crippen LogP contribution is 2.33. The molecule has 108 valence electrons. The van der Waals surface area contributed by atoms with Gasteiger partial charge in [0.1, 0.15) is 0 Å². The van der Waals surface area contributed by atoms with E-state index in [2.05, 4.69) is 24.4 Å². The molecule has 3 rings (SSSR count). The standard InChI is InChI=1S/C18H20N2O/c1-14-8-5-6-11-16(14)17-12-7-13-20(17)18(21)19-15-9-3-2-4-10-15/h2-6,8-11,17H,7,12-13H2,1H3,(H,19,21)/t17-/m1/s1. The molecule has 21 heavy (non-hydrogen) atoms. The molecule has 0 aliphatic carbocycles. The Balaban J connectivity index is 1.78.